The van der Waals surface area contributed by atoms with E-state index >= 15 is 0 Å². The maximum Gasteiger partial charge on any atom is 0.258 e. The Morgan fingerprint density at radius 1 is 1.21 bits per heavy atom. The smallest absolute Gasteiger partial charge is 0.258 e. The summed E-state index contributed by atoms with van der Waals surface area (Å²) in [4.78, 5) is 23.4. The summed E-state index contributed by atoms with van der Waals surface area (Å²) in [7, 11) is 0. The van der Waals surface area contributed by atoms with E-state index in [1.807, 2.05) is 13.8 Å². The highest BCUT2D eigenvalue weighted by atomic mass is 35.5. The molecule has 0 radical (unpaired) electrons. The van der Waals surface area contributed by atoms with E-state index in [1.165, 1.54) is 0 Å². The monoisotopic (exact) mass is 352 g/mol. The molecule has 24 heavy (non-hydrogen) atoms. The summed E-state index contributed by atoms with van der Waals surface area (Å²) in [6.07, 6.45) is 2.40. The minimum Gasteiger partial charge on any atom is -0.484 e. The fourth-order valence-electron chi connectivity index (χ4n) is 2.02. The van der Waals surface area contributed by atoms with Crippen LogP contribution in [-0.4, -0.2) is 37.2 Å². The first-order valence-electron chi connectivity index (χ1n) is 7.72. The SMILES string of the molecule is CC(C)OCC(=O)NC1=CC(NC(=O)COc2ccc(Cl)cc2)C1. The molecule has 1 aromatic rings. The zero-order valence-electron chi connectivity index (χ0n) is 13.7. The van der Waals surface area contributed by atoms with E-state index in [4.69, 9.17) is 21.1 Å². The number of ether oxygens (including phenoxy) is 2. The molecule has 2 rings (SSSR count). The average Bonchev–Trinajstić information content (AvgIpc) is 2.50. The van der Waals surface area contributed by atoms with Crippen molar-refractivity contribution in [1.29, 1.82) is 0 Å². The van der Waals surface area contributed by atoms with Crippen molar-refractivity contribution in [3.05, 3.63) is 41.1 Å². The highest BCUT2D eigenvalue weighted by Crippen LogP contribution is 2.17. The minimum absolute atomic E-state index is 0.0128. The van der Waals surface area contributed by atoms with Gasteiger partial charge < -0.3 is 20.1 Å². The third-order valence-electron chi connectivity index (χ3n) is 3.22. The van der Waals surface area contributed by atoms with Gasteiger partial charge in [-0.15, -0.1) is 0 Å². The fraction of sp³-hybridized carbons (Fsp3) is 0.412. The van der Waals surface area contributed by atoms with Gasteiger partial charge in [0.2, 0.25) is 5.91 Å². The van der Waals surface area contributed by atoms with Gasteiger partial charge in [-0.25, -0.2) is 0 Å². The zero-order chi connectivity index (χ0) is 17.5. The molecule has 1 aromatic carbocycles. The van der Waals surface area contributed by atoms with Crippen LogP contribution in [0.2, 0.25) is 5.02 Å². The van der Waals surface area contributed by atoms with Crippen LogP contribution in [0.5, 0.6) is 5.75 Å². The standard InChI is InChI=1S/C17H21ClN2O4/c1-11(2)23-9-16(21)19-13-7-14(8-13)20-17(22)10-24-15-5-3-12(18)4-6-15/h3-7,11,14H,8-10H2,1-2H3,(H,19,21)(H,20,22). The van der Waals surface area contributed by atoms with Gasteiger partial charge in [-0.3, -0.25) is 9.59 Å². The number of amides is 2. The molecule has 2 N–H and O–H groups in total. The highest BCUT2D eigenvalue weighted by Gasteiger charge is 2.22. The third kappa shape index (κ3) is 6.22. The van der Waals surface area contributed by atoms with E-state index in [2.05, 4.69) is 10.6 Å². The second-order valence-corrected chi connectivity index (χ2v) is 6.16. The van der Waals surface area contributed by atoms with Crippen molar-refractivity contribution in [2.75, 3.05) is 13.2 Å². The Morgan fingerprint density at radius 2 is 1.88 bits per heavy atom. The summed E-state index contributed by atoms with van der Waals surface area (Å²) in [6.45, 7) is 3.69. The molecule has 0 saturated carbocycles. The molecule has 7 heteroatoms. The molecular weight excluding hydrogens is 332 g/mol. The molecule has 0 heterocycles. The Morgan fingerprint density at radius 3 is 2.50 bits per heavy atom. The second kappa shape index (κ2) is 8.70. The number of hydrogen-bond acceptors (Lipinski definition) is 4. The Labute approximate surface area is 146 Å². The topological polar surface area (TPSA) is 76.7 Å². The number of benzene rings is 1. The quantitative estimate of drug-likeness (QED) is 0.750. The predicted molar refractivity (Wildman–Crippen MR) is 90.8 cm³/mol. The average molecular weight is 353 g/mol. The number of nitrogens with one attached hydrogen (secondary N) is 2. The van der Waals surface area contributed by atoms with Crippen LogP contribution in [0.3, 0.4) is 0 Å². The van der Waals surface area contributed by atoms with Crippen LogP contribution in [0.25, 0.3) is 0 Å². The molecule has 0 bridgehead atoms. The summed E-state index contributed by atoms with van der Waals surface area (Å²) >= 11 is 5.78. The predicted octanol–water partition coefficient (Wildman–Crippen LogP) is 2.03. The highest BCUT2D eigenvalue weighted by molar-refractivity contribution is 6.30. The summed E-state index contributed by atoms with van der Waals surface area (Å²) in [5.41, 5.74) is 0.788. The van der Waals surface area contributed by atoms with Crippen molar-refractivity contribution in [1.82, 2.24) is 10.6 Å². The number of halogens is 1. The van der Waals surface area contributed by atoms with Crippen LogP contribution < -0.4 is 15.4 Å². The second-order valence-electron chi connectivity index (χ2n) is 5.72. The number of carbonyl (C=O) groups is 2. The first kappa shape index (κ1) is 18.3. The molecule has 1 aliphatic rings. The van der Waals surface area contributed by atoms with Gasteiger partial charge in [-0.2, -0.15) is 0 Å². The zero-order valence-corrected chi connectivity index (χ0v) is 14.4. The fourth-order valence-corrected chi connectivity index (χ4v) is 2.14. The molecular formula is C17H21ClN2O4. The maximum absolute atomic E-state index is 11.8. The summed E-state index contributed by atoms with van der Waals surface area (Å²) in [5.74, 6) is 0.169. The summed E-state index contributed by atoms with van der Waals surface area (Å²) in [6, 6.07) is 6.70. The van der Waals surface area contributed by atoms with E-state index in [0.29, 0.717) is 17.2 Å². The van der Waals surface area contributed by atoms with Crippen LogP contribution >= 0.6 is 11.6 Å². The maximum atomic E-state index is 11.8. The summed E-state index contributed by atoms with van der Waals surface area (Å²) in [5, 5.41) is 6.15. The molecule has 0 fully saturated rings. The molecule has 1 unspecified atom stereocenters. The van der Waals surface area contributed by atoms with Gasteiger partial charge in [0.15, 0.2) is 6.61 Å². The lowest BCUT2D eigenvalue weighted by molar-refractivity contribution is -0.126. The van der Waals surface area contributed by atoms with Crippen molar-refractivity contribution in [2.24, 2.45) is 0 Å². The molecule has 0 aliphatic heterocycles. The van der Waals surface area contributed by atoms with Gasteiger partial charge in [0.25, 0.3) is 5.91 Å². The van der Waals surface area contributed by atoms with Crippen LogP contribution in [0.1, 0.15) is 20.3 Å². The first-order chi connectivity index (χ1) is 11.4. The van der Waals surface area contributed by atoms with Gasteiger partial charge in [0, 0.05) is 17.1 Å². The Balaban J connectivity index is 1.64. The van der Waals surface area contributed by atoms with Gasteiger partial charge >= 0.3 is 0 Å². The van der Waals surface area contributed by atoms with Crippen molar-refractivity contribution >= 4 is 23.4 Å². The first-order valence-corrected chi connectivity index (χ1v) is 8.10. The van der Waals surface area contributed by atoms with Crippen LogP contribution in [0.15, 0.2) is 36.0 Å². The number of rotatable bonds is 8. The van der Waals surface area contributed by atoms with Crippen LogP contribution in [0.4, 0.5) is 0 Å². The molecule has 0 saturated heterocycles. The molecule has 1 aliphatic carbocycles. The molecule has 1 atom stereocenters. The molecule has 6 nitrogen and oxygen atoms in total. The van der Waals surface area contributed by atoms with Crippen molar-refractivity contribution in [3.8, 4) is 5.75 Å². The van der Waals surface area contributed by atoms with Crippen LogP contribution in [-0.2, 0) is 14.3 Å². The Kier molecular flexibility index (Phi) is 6.63. The largest absolute Gasteiger partial charge is 0.484 e. The lowest BCUT2D eigenvalue weighted by Gasteiger charge is -2.26. The van der Waals surface area contributed by atoms with Crippen LogP contribution in [0, 0.1) is 0 Å². The van der Waals surface area contributed by atoms with Crippen molar-refractivity contribution in [2.45, 2.75) is 32.4 Å². The van der Waals surface area contributed by atoms with Crippen molar-refractivity contribution < 1.29 is 19.1 Å². The van der Waals surface area contributed by atoms with E-state index < -0.39 is 0 Å². The number of carbonyl (C=O) groups excluding carboxylic acids is 2. The molecule has 2 amide bonds. The minimum atomic E-state index is -0.222. The normalized spacial score (nSPS) is 16.2. The van der Waals surface area contributed by atoms with Crippen molar-refractivity contribution in [3.63, 3.8) is 0 Å². The Bertz CT molecular complexity index is 614. The molecule has 0 aromatic heterocycles. The lowest BCUT2D eigenvalue weighted by atomic mass is 9.99. The molecule has 130 valence electrons. The van der Waals surface area contributed by atoms with Gasteiger partial charge in [0.05, 0.1) is 12.1 Å². The van der Waals surface area contributed by atoms with E-state index in [0.717, 1.165) is 5.70 Å². The van der Waals surface area contributed by atoms with E-state index in [-0.39, 0.29) is 37.2 Å². The lowest BCUT2D eigenvalue weighted by Crippen LogP contribution is -2.44. The third-order valence-corrected chi connectivity index (χ3v) is 3.47. The van der Waals surface area contributed by atoms with E-state index in [9.17, 15) is 9.59 Å². The number of hydrogen-bond donors (Lipinski definition) is 2. The summed E-state index contributed by atoms with van der Waals surface area (Å²) < 4.78 is 10.6. The van der Waals surface area contributed by atoms with Gasteiger partial charge in [-0.05, 0) is 44.2 Å². The van der Waals surface area contributed by atoms with Gasteiger partial charge in [-0.1, -0.05) is 11.6 Å². The van der Waals surface area contributed by atoms with E-state index in [1.54, 1.807) is 30.3 Å². The van der Waals surface area contributed by atoms with Gasteiger partial charge in [0.1, 0.15) is 12.4 Å². The molecule has 0 spiro atoms. The Hall–Kier alpha value is -2.05.